The summed E-state index contributed by atoms with van der Waals surface area (Å²) in [6.07, 6.45) is 3.97. The number of carbonyl (C=O) groups is 2. The number of rotatable bonds is 11. The Kier molecular flexibility index (Phi) is 10.6. The van der Waals surface area contributed by atoms with Crippen molar-refractivity contribution in [2.75, 3.05) is 12.3 Å². The molecule has 0 radical (unpaired) electrons. The van der Waals surface area contributed by atoms with E-state index in [1.54, 1.807) is 39.0 Å². The van der Waals surface area contributed by atoms with Crippen LogP contribution in [0.5, 0.6) is 0 Å². The van der Waals surface area contributed by atoms with E-state index < -0.39 is 22.9 Å². The topological polar surface area (TPSA) is 78.5 Å². The predicted molar refractivity (Wildman–Crippen MR) is 114 cm³/mol. The molecule has 1 amide bonds. The molecule has 0 aromatic heterocycles. The number of ether oxygens (including phenoxy) is 1. The fraction of sp³-hybridized carbons (Fsp3) is 0.636. The van der Waals surface area contributed by atoms with E-state index in [0.717, 1.165) is 25.7 Å². The molecule has 0 saturated heterocycles. The van der Waals surface area contributed by atoms with Crippen molar-refractivity contribution in [3.05, 3.63) is 29.8 Å². The van der Waals surface area contributed by atoms with Crippen molar-refractivity contribution in [3.63, 3.8) is 0 Å². The van der Waals surface area contributed by atoms with Gasteiger partial charge < -0.3 is 14.6 Å². The molecule has 0 heterocycles. The second-order valence-electron chi connectivity index (χ2n) is 8.09. The zero-order chi connectivity index (χ0) is 21.2. The third-order valence-electron chi connectivity index (χ3n) is 4.22. The molecule has 28 heavy (non-hydrogen) atoms. The summed E-state index contributed by atoms with van der Waals surface area (Å²) in [5, 5.41) is 2.59. The van der Waals surface area contributed by atoms with Crippen LogP contribution in [0.2, 0.25) is 0 Å². The molecule has 6 heteroatoms. The van der Waals surface area contributed by atoms with Gasteiger partial charge in [0.1, 0.15) is 11.4 Å². The summed E-state index contributed by atoms with van der Waals surface area (Å²) in [5.41, 5.74) is -0.0423. The molecule has 0 bridgehead atoms. The van der Waals surface area contributed by atoms with E-state index >= 15 is 0 Å². The van der Waals surface area contributed by atoms with E-state index in [9.17, 15) is 14.1 Å². The van der Waals surface area contributed by atoms with E-state index in [1.165, 1.54) is 0 Å². The zero-order valence-electron chi connectivity index (χ0n) is 17.9. The lowest BCUT2D eigenvalue weighted by atomic mass is 10.0. The number of alkyl carbamates (subject to hydrolysis) is 1. The molecule has 1 rings (SSSR count). The average Bonchev–Trinajstić information content (AvgIpc) is 2.60. The summed E-state index contributed by atoms with van der Waals surface area (Å²) in [7, 11) is 0. The molecule has 5 nitrogen and oxygen atoms in total. The lowest BCUT2D eigenvalue weighted by molar-refractivity contribution is 0.0527. The highest BCUT2D eigenvalue weighted by Gasteiger charge is 2.20. The summed E-state index contributed by atoms with van der Waals surface area (Å²) in [4.78, 5) is 24.8. The molecule has 1 aromatic rings. The Morgan fingerprint density at radius 2 is 1.82 bits per heavy atom. The van der Waals surface area contributed by atoms with E-state index in [1.807, 2.05) is 6.07 Å². The Morgan fingerprint density at radius 1 is 1.18 bits per heavy atom. The van der Waals surface area contributed by atoms with Gasteiger partial charge in [0.15, 0.2) is 10.7 Å². The number of hydrogen-bond acceptors (Lipinski definition) is 4. The smallest absolute Gasteiger partial charge is 0.407 e. The van der Waals surface area contributed by atoms with Crippen LogP contribution in [0, 0.1) is 5.92 Å². The van der Waals surface area contributed by atoms with E-state index in [-0.39, 0.29) is 18.7 Å². The van der Waals surface area contributed by atoms with Gasteiger partial charge in [-0.1, -0.05) is 38.8 Å². The number of ketones is 1. The summed E-state index contributed by atoms with van der Waals surface area (Å²) in [6, 6.07) is 7.05. The number of benzene rings is 1. The molecule has 0 aliphatic rings. The first-order valence-corrected chi connectivity index (χ1v) is 11.5. The van der Waals surface area contributed by atoms with Crippen LogP contribution >= 0.6 is 0 Å². The molecule has 0 saturated carbocycles. The Hall–Kier alpha value is -1.53. The van der Waals surface area contributed by atoms with E-state index in [4.69, 9.17) is 4.74 Å². The monoisotopic (exact) mass is 409 g/mol. The Labute approximate surface area is 172 Å². The van der Waals surface area contributed by atoms with Crippen molar-refractivity contribution in [1.29, 1.82) is 0 Å². The van der Waals surface area contributed by atoms with Gasteiger partial charge in [0.25, 0.3) is 0 Å². The van der Waals surface area contributed by atoms with Crippen molar-refractivity contribution in [3.8, 4) is 0 Å². The van der Waals surface area contributed by atoms with Crippen molar-refractivity contribution < 1.29 is 18.9 Å². The average molecular weight is 410 g/mol. The molecule has 0 fully saturated rings. The molecule has 1 atom stereocenters. The predicted octanol–water partition coefficient (Wildman–Crippen LogP) is 5.11. The van der Waals surface area contributed by atoms with Crippen LogP contribution in [0.3, 0.4) is 0 Å². The first-order chi connectivity index (χ1) is 13.2. The Morgan fingerprint density at radius 3 is 2.39 bits per heavy atom. The quantitative estimate of drug-likeness (QED) is 0.407. The highest BCUT2D eigenvalue weighted by Crippen LogP contribution is 2.22. The SMILES string of the molecule is CCCC(CCC)C[S+]([O-])c1cccc(C(=O)CCNC(=O)OC(C)(C)C)c1. The Bertz CT molecular complexity index is 621. The number of carbonyl (C=O) groups excluding carboxylic acids is 2. The number of Topliss-reactive ketones (excluding diaryl/α,β-unsaturated/α-hetero) is 1. The highest BCUT2D eigenvalue weighted by atomic mass is 32.2. The fourth-order valence-corrected chi connectivity index (χ4v) is 4.43. The molecule has 158 valence electrons. The van der Waals surface area contributed by atoms with Crippen LogP contribution in [-0.4, -0.2) is 34.3 Å². The van der Waals surface area contributed by atoms with E-state index in [0.29, 0.717) is 22.1 Å². The maximum atomic E-state index is 12.7. The lowest BCUT2D eigenvalue weighted by Gasteiger charge is -2.19. The van der Waals surface area contributed by atoms with Crippen LogP contribution in [0.15, 0.2) is 29.2 Å². The molecule has 0 aliphatic carbocycles. The second kappa shape index (κ2) is 12.1. The van der Waals surface area contributed by atoms with Gasteiger partial charge in [-0.05, 0) is 50.9 Å². The molecular weight excluding hydrogens is 374 g/mol. The van der Waals surface area contributed by atoms with Gasteiger partial charge in [0.2, 0.25) is 0 Å². The van der Waals surface area contributed by atoms with Crippen molar-refractivity contribution in [1.82, 2.24) is 5.32 Å². The van der Waals surface area contributed by atoms with Crippen molar-refractivity contribution in [2.24, 2.45) is 5.92 Å². The minimum absolute atomic E-state index is 0.0893. The van der Waals surface area contributed by atoms with Gasteiger partial charge in [-0.15, -0.1) is 0 Å². The van der Waals surface area contributed by atoms with Gasteiger partial charge in [-0.25, -0.2) is 4.79 Å². The largest absolute Gasteiger partial charge is 0.611 e. The lowest BCUT2D eigenvalue weighted by Crippen LogP contribution is -2.33. The highest BCUT2D eigenvalue weighted by molar-refractivity contribution is 7.91. The summed E-state index contributed by atoms with van der Waals surface area (Å²) < 4.78 is 17.9. The fourth-order valence-electron chi connectivity index (χ4n) is 2.99. The van der Waals surface area contributed by atoms with Crippen LogP contribution in [0.25, 0.3) is 0 Å². The maximum absolute atomic E-state index is 12.7. The first kappa shape index (κ1) is 24.5. The van der Waals surface area contributed by atoms with Crippen LogP contribution in [-0.2, 0) is 15.9 Å². The van der Waals surface area contributed by atoms with E-state index in [2.05, 4.69) is 19.2 Å². The number of nitrogens with one attached hydrogen (secondary N) is 1. The summed E-state index contributed by atoms with van der Waals surface area (Å²) >= 11 is -1.11. The van der Waals surface area contributed by atoms with Gasteiger partial charge in [-0.3, -0.25) is 4.79 Å². The third kappa shape index (κ3) is 9.60. The molecule has 0 aliphatic heterocycles. The standard InChI is InChI=1S/C22H35NO4S/c1-6-9-17(10-7-2)16-28(26)19-12-8-11-18(15-19)20(24)13-14-23-21(25)27-22(3,4)5/h8,11-12,15,17H,6-7,9-10,13-14,16H2,1-5H3,(H,23,25). The molecule has 1 N–H and O–H groups in total. The molecular formula is C22H35NO4S. The number of amides is 1. The molecule has 1 unspecified atom stereocenters. The van der Waals surface area contributed by atoms with Gasteiger partial charge >= 0.3 is 6.09 Å². The molecule has 0 spiro atoms. The van der Waals surface area contributed by atoms with Crippen LogP contribution < -0.4 is 5.32 Å². The first-order valence-electron chi connectivity index (χ1n) is 10.1. The number of hydrogen-bond donors (Lipinski definition) is 1. The molecule has 1 aromatic carbocycles. The zero-order valence-corrected chi connectivity index (χ0v) is 18.7. The normalized spacial score (nSPS) is 12.7. The third-order valence-corrected chi connectivity index (χ3v) is 5.77. The van der Waals surface area contributed by atoms with Crippen LogP contribution in [0.1, 0.15) is 77.1 Å². The minimum atomic E-state index is -1.11. The van der Waals surface area contributed by atoms with Gasteiger partial charge in [0.05, 0.1) is 0 Å². The summed E-state index contributed by atoms with van der Waals surface area (Å²) in [6.45, 7) is 9.86. The summed E-state index contributed by atoms with van der Waals surface area (Å²) in [5.74, 6) is 1.00. The van der Waals surface area contributed by atoms with Crippen LogP contribution in [0.4, 0.5) is 4.79 Å². The second-order valence-corrected chi connectivity index (χ2v) is 9.58. The maximum Gasteiger partial charge on any atom is 0.407 e. The van der Waals surface area contributed by atoms with Crippen molar-refractivity contribution in [2.45, 2.75) is 77.2 Å². The Balaban J connectivity index is 2.61. The van der Waals surface area contributed by atoms with Gasteiger partial charge in [0, 0.05) is 30.5 Å². The van der Waals surface area contributed by atoms with Gasteiger partial charge in [-0.2, -0.15) is 0 Å². The minimum Gasteiger partial charge on any atom is -0.611 e. The van der Waals surface area contributed by atoms with Crippen molar-refractivity contribution >= 4 is 23.1 Å².